The van der Waals surface area contributed by atoms with Crippen molar-refractivity contribution in [2.75, 3.05) is 6.61 Å². The topological polar surface area (TPSA) is 22.1 Å². The van der Waals surface area contributed by atoms with Crippen molar-refractivity contribution < 1.29 is 4.74 Å². The van der Waals surface area contributed by atoms with Crippen LogP contribution >= 0.6 is 11.6 Å². The minimum atomic E-state index is 0.518. The van der Waals surface area contributed by atoms with E-state index >= 15 is 0 Å². The second-order valence-corrected chi connectivity index (χ2v) is 3.28. The lowest BCUT2D eigenvalue weighted by molar-refractivity contribution is 0.341. The maximum atomic E-state index is 5.96. The molecule has 0 unspecified atom stereocenters. The van der Waals surface area contributed by atoms with E-state index in [4.69, 9.17) is 16.3 Å². The van der Waals surface area contributed by atoms with Gasteiger partial charge in [-0.05, 0) is 30.5 Å². The summed E-state index contributed by atoms with van der Waals surface area (Å²) in [4.78, 5) is 4.02. The highest BCUT2D eigenvalue weighted by atomic mass is 35.5. The zero-order chi connectivity index (χ0) is 9.97. The van der Waals surface area contributed by atoms with Gasteiger partial charge in [0.15, 0.2) is 0 Å². The fraction of sp³-hybridized carbons (Fsp3) is 0.182. The Kier molecular flexibility index (Phi) is 2.55. The van der Waals surface area contributed by atoms with Crippen molar-refractivity contribution in [1.82, 2.24) is 4.98 Å². The van der Waals surface area contributed by atoms with Gasteiger partial charge in [0.1, 0.15) is 10.9 Å². The molecule has 0 N–H and O–H groups in total. The highest BCUT2D eigenvalue weighted by molar-refractivity contribution is 6.34. The van der Waals surface area contributed by atoms with Crippen molar-refractivity contribution in [1.29, 1.82) is 0 Å². The van der Waals surface area contributed by atoms with E-state index in [2.05, 4.69) is 4.98 Å². The molecule has 0 amide bonds. The van der Waals surface area contributed by atoms with Gasteiger partial charge in [-0.3, -0.25) is 0 Å². The zero-order valence-electron chi connectivity index (χ0n) is 7.83. The Hall–Kier alpha value is -1.28. The van der Waals surface area contributed by atoms with Gasteiger partial charge in [0, 0.05) is 11.6 Å². The number of fused-ring (bicyclic) bond motifs is 1. The predicted molar refractivity (Wildman–Crippen MR) is 57.9 cm³/mol. The fourth-order valence-electron chi connectivity index (χ4n) is 1.37. The van der Waals surface area contributed by atoms with Crippen molar-refractivity contribution in [3.05, 3.63) is 35.6 Å². The van der Waals surface area contributed by atoms with Gasteiger partial charge in [-0.1, -0.05) is 17.7 Å². The SMILES string of the molecule is CCOc1ccc2ccnc(Cl)c2c1. The van der Waals surface area contributed by atoms with Gasteiger partial charge in [-0.25, -0.2) is 4.98 Å². The molecule has 0 bridgehead atoms. The van der Waals surface area contributed by atoms with Gasteiger partial charge in [0.2, 0.25) is 0 Å². The van der Waals surface area contributed by atoms with Crippen molar-refractivity contribution >= 4 is 22.4 Å². The lowest BCUT2D eigenvalue weighted by atomic mass is 10.2. The summed E-state index contributed by atoms with van der Waals surface area (Å²) < 4.78 is 5.38. The summed E-state index contributed by atoms with van der Waals surface area (Å²) in [6, 6.07) is 7.75. The molecule has 1 heterocycles. The number of aromatic nitrogens is 1. The normalized spacial score (nSPS) is 10.4. The zero-order valence-corrected chi connectivity index (χ0v) is 8.58. The maximum absolute atomic E-state index is 5.96. The summed E-state index contributed by atoms with van der Waals surface area (Å²) in [5.74, 6) is 0.829. The number of rotatable bonds is 2. The molecule has 2 nitrogen and oxygen atoms in total. The molecule has 0 saturated heterocycles. The Morgan fingerprint density at radius 3 is 3.00 bits per heavy atom. The van der Waals surface area contributed by atoms with E-state index in [1.807, 2.05) is 31.2 Å². The molecule has 1 aromatic heterocycles. The third-order valence-electron chi connectivity index (χ3n) is 2.00. The molecule has 0 radical (unpaired) electrons. The summed E-state index contributed by atoms with van der Waals surface area (Å²) in [6.07, 6.45) is 1.70. The summed E-state index contributed by atoms with van der Waals surface area (Å²) in [5, 5.41) is 2.53. The molecule has 2 aromatic rings. The van der Waals surface area contributed by atoms with Crippen LogP contribution in [0.3, 0.4) is 0 Å². The van der Waals surface area contributed by atoms with E-state index in [1.54, 1.807) is 6.20 Å². The van der Waals surface area contributed by atoms with Crippen LogP contribution in [0.15, 0.2) is 30.5 Å². The van der Waals surface area contributed by atoms with E-state index in [-0.39, 0.29) is 0 Å². The molecule has 0 aliphatic heterocycles. The number of benzene rings is 1. The summed E-state index contributed by atoms with van der Waals surface area (Å²) >= 11 is 5.96. The molecule has 3 heteroatoms. The second kappa shape index (κ2) is 3.84. The summed E-state index contributed by atoms with van der Waals surface area (Å²) in [5.41, 5.74) is 0. The van der Waals surface area contributed by atoms with Crippen molar-refractivity contribution in [2.24, 2.45) is 0 Å². The van der Waals surface area contributed by atoms with Crippen LogP contribution in [0.1, 0.15) is 6.92 Å². The van der Waals surface area contributed by atoms with Crippen molar-refractivity contribution in [2.45, 2.75) is 6.92 Å². The van der Waals surface area contributed by atoms with Gasteiger partial charge >= 0.3 is 0 Å². The minimum Gasteiger partial charge on any atom is -0.494 e. The molecule has 0 saturated carbocycles. The maximum Gasteiger partial charge on any atom is 0.136 e. The van der Waals surface area contributed by atoms with Crippen molar-refractivity contribution in [3.8, 4) is 5.75 Å². The van der Waals surface area contributed by atoms with Gasteiger partial charge < -0.3 is 4.74 Å². The van der Waals surface area contributed by atoms with E-state index < -0.39 is 0 Å². The first-order valence-electron chi connectivity index (χ1n) is 4.48. The van der Waals surface area contributed by atoms with Crippen LogP contribution in [0.25, 0.3) is 10.8 Å². The first-order chi connectivity index (χ1) is 6.81. The Morgan fingerprint density at radius 1 is 1.36 bits per heavy atom. The van der Waals surface area contributed by atoms with Crippen molar-refractivity contribution in [3.63, 3.8) is 0 Å². The Labute approximate surface area is 87.5 Å². The molecular formula is C11H10ClNO. The third kappa shape index (κ3) is 1.66. The number of hydrogen-bond acceptors (Lipinski definition) is 2. The number of halogens is 1. The molecule has 14 heavy (non-hydrogen) atoms. The number of pyridine rings is 1. The lowest BCUT2D eigenvalue weighted by Crippen LogP contribution is -1.91. The number of nitrogens with zero attached hydrogens (tertiary/aromatic N) is 1. The van der Waals surface area contributed by atoms with E-state index in [0.717, 1.165) is 16.5 Å². The van der Waals surface area contributed by atoms with Crippen LogP contribution < -0.4 is 4.74 Å². The van der Waals surface area contributed by atoms with Crippen LogP contribution in [0.5, 0.6) is 5.75 Å². The van der Waals surface area contributed by atoms with Crippen LogP contribution in [-0.4, -0.2) is 11.6 Å². The minimum absolute atomic E-state index is 0.518. The second-order valence-electron chi connectivity index (χ2n) is 2.92. The molecule has 2 rings (SSSR count). The van der Waals surface area contributed by atoms with Gasteiger partial charge in [-0.15, -0.1) is 0 Å². The largest absolute Gasteiger partial charge is 0.494 e. The highest BCUT2D eigenvalue weighted by Crippen LogP contribution is 2.25. The first kappa shape index (κ1) is 9.28. The average Bonchev–Trinajstić information content (AvgIpc) is 2.20. The smallest absolute Gasteiger partial charge is 0.136 e. The Bertz CT molecular complexity index is 456. The van der Waals surface area contributed by atoms with Crippen LogP contribution in [-0.2, 0) is 0 Å². The standard InChI is InChI=1S/C11H10ClNO/c1-2-14-9-4-3-8-5-6-13-11(12)10(8)7-9/h3-7H,2H2,1H3. The Balaban J connectivity index is 2.58. The predicted octanol–water partition coefficient (Wildman–Crippen LogP) is 3.29. The number of hydrogen-bond donors (Lipinski definition) is 0. The molecule has 72 valence electrons. The molecule has 0 atom stereocenters. The summed E-state index contributed by atoms with van der Waals surface area (Å²) in [6.45, 7) is 2.61. The molecule has 0 fully saturated rings. The first-order valence-corrected chi connectivity index (χ1v) is 4.86. The van der Waals surface area contributed by atoms with Crippen LogP contribution in [0.4, 0.5) is 0 Å². The van der Waals surface area contributed by atoms with Crippen LogP contribution in [0, 0.1) is 0 Å². The average molecular weight is 208 g/mol. The van der Waals surface area contributed by atoms with Gasteiger partial charge in [-0.2, -0.15) is 0 Å². The van der Waals surface area contributed by atoms with Gasteiger partial charge in [0.25, 0.3) is 0 Å². The monoisotopic (exact) mass is 207 g/mol. The molecule has 1 aromatic carbocycles. The van der Waals surface area contributed by atoms with E-state index in [9.17, 15) is 0 Å². The molecule has 0 aliphatic carbocycles. The van der Waals surface area contributed by atoms with Crippen LogP contribution in [0.2, 0.25) is 5.15 Å². The molecule has 0 spiro atoms. The van der Waals surface area contributed by atoms with Gasteiger partial charge in [0.05, 0.1) is 6.61 Å². The fourth-order valence-corrected chi connectivity index (χ4v) is 1.59. The quantitative estimate of drug-likeness (QED) is 0.705. The third-order valence-corrected chi connectivity index (χ3v) is 2.30. The van der Waals surface area contributed by atoms with E-state index in [1.165, 1.54) is 0 Å². The van der Waals surface area contributed by atoms with E-state index in [0.29, 0.717) is 11.8 Å². The summed E-state index contributed by atoms with van der Waals surface area (Å²) in [7, 11) is 0. The highest BCUT2D eigenvalue weighted by Gasteiger charge is 2.01. The Morgan fingerprint density at radius 2 is 2.21 bits per heavy atom. The lowest BCUT2D eigenvalue weighted by Gasteiger charge is -2.04. The molecular weight excluding hydrogens is 198 g/mol. The number of ether oxygens (including phenoxy) is 1. The molecule has 0 aliphatic rings.